The zero-order chi connectivity index (χ0) is 12.4. The van der Waals surface area contributed by atoms with Crippen LogP contribution in [0.3, 0.4) is 0 Å². The van der Waals surface area contributed by atoms with E-state index in [1.165, 1.54) is 18.7 Å². The van der Waals surface area contributed by atoms with Gasteiger partial charge in [0.2, 0.25) is 6.79 Å². The zero-order valence-electron chi connectivity index (χ0n) is 10.9. The van der Waals surface area contributed by atoms with Crippen LogP contribution in [0, 0.1) is 0 Å². The lowest BCUT2D eigenvalue weighted by molar-refractivity contribution is 0.174. The molecule has 98 valence electrons. The minimum absolute atomic E-state index is 0.350. The molecular formula is C14H20N2O2. The third-order valence-corrected chi connectivity index (χ3v) is 3.63. The topological polar surface area (TPSA) is 24.9 Å². The second-order valence-electron chi connectivity index (χ2n) is 4.87. The van der Waals surface area contributed by atoms with Crippen LogP contribution in [-0.2, 0) is 0 Å². The van der Waals surface area contributed by atoms with E-state index >= 15 is 0 Å². The fourth-order valence-corrected chi connectivity index (χ4v) is 2.63. The highest BCUT2D eigenvalue weighted by molar-refractivity contribution is 5.57. The van der Waals surface area contributed by atoms with Gasteiger partial charge in [-0.1, -0.05) is 6.92 Å². The van der Waals surface area contributed by atoms with Gasteiger partial charge in [-0.2, -0.15) is 0 Å². The van der Waals surface area contributed by atoms with Crippen molar-refractivity contribution in [2.75, 3.05) is 44.4 Å². The maximum absolute atomic E-state index is 5.43. The van der Waals surface area contributed by atoms with Crippen molar-refractivity contribution in [2.24, 2.45) is 0 Å². The lowest BCUT2D eigenvalue weighted by atomic mass is 10.2. The zero-order valence-corrected chi connectivity index (χ0v) is 10.9. The molecule has 0 aromatic heterocycles. The predicted octanol–water partition coefficient (Wildman–Crippen LogP) is 1.95. The highest BCUT2D eigenvalue weighted by Gasteiger charge is 2.19. The van der Waals surface area contributed by atoms with Crippen molar-refractivity contribution in [3.63, 3.8) is 0 Å². The van der Waals surface area contributed by atoms with Gasteiger partial charge in [-0.05, 0) is 25.1 Å². The van der Waals surface area contributed by atoms with Crippen molar-refractivity contribution in [2.45, 2.75) is 13.3 Å². The van der Waals surface area contributed by atoms with E-state index in [0.717, 1.165) is 37.7 Å². The summed E-state index contributed by atoms with van der Waals surface area (Å²) in [4.78, 5) is 4.96. The van der Waals surface area contributed by atoms with Gasteiger partial charge in [0, 0.05) is 37.9 Å². The number of anilines is 1. The van der Waals surface area contributed by atoms with Gasteiger partial charge in [-0.25, -0.2) is 0 Å². The summed E-state index contributed by atoms with van der Waals surface area (Å²) in [6.07, 6.45) is 1.24. The second kappa shape index (κ2) is 5.06. The van der Waals surface area contributed by atoms with E-state index in [9.17, 15) is 0 Å². The monoisotopic (exact) mass is 248 g/mol. The molecule has 0 aliphatic carbocycles. The Kier molecular flexibility index (Phi) is 3.28. The van der Waals surface area contributed by atoms with Gasteiger partial charge >= 0.3 is 0 Å². The van der Waals surface area contributed by atoms with Crippen molar-refractivity contribution in [1.29, 1.82) is 0 Å². The Hall–Kier alpha value is -1.42. The molecule has 4 heteroatoms. The molecule has 2 heterocycles. The first-order valence-corrected chi connectivity index (χ1v) is 6.74. The number of hydrogen-bond donors (Lipinski definition) is 0. The van der Waals surface area contributed by atoms with Crippen LogP contribution < -0.4 is 14.4 Å². The Bertz CT molecular complexity index is 414. The van der Waals surface area contributed by atoms with E-state index in [1.54, 1.807) is 0 Å². The van der Waals surface area contributed by atoms with Gasteiger partial charge in [0.15, 0.2) is 11.5 Å². The lowest BCUT2D eigenvalue weighted by Gasteiger charge is -2.36. The molecule has 2 aliphatic rings. The standard InChI is InChI=1S/C14H20N2O2/c1-2-5-15-6-8-16(9-7-15)12-3-4-13-14(10-12)18-11-17-13/h3-4,10H,2,5-9,11H2,1H3. The maximum Gasteiger partial charge on any atom is 0.231 e. The van der Waals surface area contributed by atoms with Gasteiger partial charge in [0.1, 0.15) is 0 Å². The lowest BCUT2D eigenvalue weighted by Crippen LogP contribution is -2.46. The summed E-state index contributed by atoms with van der Waals surface area (Å²) >= 11 is 0. The fraction of sp³-hybridized carbons (Fsp3) is 0.571. The minimum Gasteiger partial charge on any atom is -0.454 e. The quantitative estimate of drug-likeness (QED) is 0.816. The highest BCUT2D eigenvalue weighted by Crippen LogP contribution is 2.35. The molecule has 0 spiro atoms. The maximum atomic E-state index is 5.43. The summed E-state index contributed by atoms with van der Waals surface area (Å²) < 4.78 is 10.8. The molecule has 0 unspecified atom stereocenters. The van der Waals surface area contributed by atoms with Crippen molar-refractivity contribution < 1.29 is 9.47 Å². The van der Waals surface area contributed by atoms with E-state index in [2.05, 4.69) is 28.9 Å². The largest absolute Gasteiger partial charge is 0.454 e. The number of rotatable bonds is 3. The van der Waals surface area contributed by atoms with Crippen LogP contribution in [0.4, 0.5) is 5.69 Å². The number of fused-ring (bicyclic) bond motifs is 1. The summed E-state index contributed by atoms with van der Waals surface area (Å²) in [5, 5.41) is 0. The molecule has 1 aromatic carbocycles. The molecule has 0 radical (unpaired) electrons. The van der Waals surface area contributed by atoms with Crippen LogP contribution >= 0.6 is 0 Å². The molecule has 0 atom stereocenters. The molecule has 3 rings (SSSR count). The highest BCUT2D eigenvalue weighted by atomic mass is 16.7. The Morgan fingerprint density at radius 2 is 1.83 bits per heavy atom. The molecule has 0 N–H and O–H groups in total. The average molecular weight is 248 g/mol. The number of benzene rings is 1. The predicted molar refractivity (Wildman–Crippen MR) is 71.5 cm³/mol. The van der Waals surface area contributed by atoms with Crippen molar-refractivity contribution in [3.05, 3.63) is 18.2 Å². The normalized spacial score (nSPS) is 19.3. The molecule has 0 bridgehead atoms. The van der Waals surface area contributed by atoms with Gasteiger partial charge in [-0.3, -0.25) is 4.90 Å². The first-order chi connectivity index (χ1) is 8.86. The van der Waals surface area contributed by atoms with Crippen molar-refractivity contribution in [3.8, 4) is 11.5 Å². The number of piperazine rings is 1. The molecule has 1 fully saturated rings. The smallest absolute Gasteiger partial charge is 0.231 e. The van der Waals surface area contributed by atoms with Crippen LogP contribution in [0.5, 0.6) is 11.5 Å². The second-order valence-corrected chi connectivity index (χ2v) is 4.87. The molecular weight excluding hydrogens is 228 g/mol. The Balaban J connectivity index is 1.66. The summed E-state index contributed by atoms with van der Waals surface area (Å²) in [6, 6.07) is 6.23. The molecule has 4 nitrogen and oxygen atoms in total. The van der Waals surface area contributed by atoms with E-state index in [-0.39, 0.29) is 0 Å². The molecule has 0 saturated carbocycles. The SMILES string of the molecule is CCCN1CCN(c2ccc3c(c2)OCO3)CC1. The van der Waals surface area contributed by atoms with Gasteiger partial charge in [0.05, 0.1) is 0 Å². The van der Waals surface area contributed by atoms with Crippen molar-refractivity contribution >= 4 is 5.69 Å². The summed E-state index contributed by atoms with van der Waals surface area (Å²) in [5.41, 5.74) is 1.25. The first-order valence-electron chi connectivity index (χ1n) is 6.74. The third kappa shape index (κ3) is 2.25. The summed E-state index contributed by atoms with van der Waals surface area (Å²) in [7, 11) is 0. The minimum atomic E-state index is 0.350. The van der Waals surface area contributed by atoms with Crippen molar-refractivity contribution in [1.82, 2.24) is 4.90 Å². The Morgan fingerprint density at radius 1 is 1.06 bits per heavy atom. The van der Waals surface area contributed by atoms with Gasteiger partial charge < -0.3 is 14.4 Å². The molecule has 1 aromatic rings. The fourth-order valence-electron chi connectivity index (χ4n) is 2.63. The number of hydrogen-bond acceptors (Lipinski definition) is 4. The van der Waals surface area contributed by atoms with Crippen LogP contribution in [0.15, 0.2) is 18.2 Å². The molecule has 2 aliphatic heterocycles. The summed E-state index contributed by atoms with van der Waals surface area (Å²) in [6.45, 7) is 8.31. The van der Waals surface area contributed by atoms with E-state index in [4.69, 9.17) is 9.47 Å². The molecule has 18 heavy (non-hydrogen) atoms. The Morgan fingerprint density at radius 3 is 2.61 bits per heavy atom. The van der Waals surface area contributed by atoms with E-state index in [1.807, 2.05) is 6.07 Å². The van der Waals surface area contributed by atoms with E-state index in [0.29, 0.717) is 6.79 Å². The van der Waals surface area contributed by atoms with Crippen LogP contribution in [0.1, 0.15) is 13.3 Å². The molecule has 0 amide bonds. The van der Waals surface area contributed by atoms with Gasteiger partial charge in [0.25, 0.3) is 0 Å². The third-order valence-electron chi connectivity index (χ3n) is 3.63. The first kappa shape index (κ1) is 11.7. The number of nitrogens with zero attached hydrogens (tertiary/aromatic N) is 2. The Labute approximate surface area is 108 Å². The summed E-state index contributed by atoms with van der Waals surface area (Å²) in [5.74, 6) is 1.74. The number of ether oxygens (including phenoxy) is 2. The van der Waals surface area contributed by atoms with Crippen LogP contribution in [0.25, 0.3) is 0 Å². The average Bonchev–Trinajstić information content (AvgIpc) is 2.87. The van der Waals surface area contributed by atoms with Crippen LogP contribution in [-0.4, -0.2) is 44.4 Å². The van der Waals surface area contributed by atoms with Crippen LogP contribution in [0.2, 0.25) is 0 Å². The van der Waals surface area contributed by atoms with E-state index < -0.39 is 0 Å². The van der Waals surface area contributed by atoms with Gasteiger partial charge in [-0.15, -0.1) is 0 Å². The molecule has 1 saturated heterocycles.